The second-order valence-corrected chi connectivity index (χ2v) is 5.13. The number of benzene rings is 1. The first-order valence-electron chi connectivity index (χ1n) is 6.94. The maximum Gasteiger partial charge on any atom is 0.326 e. The quantitative estimate of drug-likeness (QED) is 0.890. The number of hydrogen-bond acceptors (Lipinski definition) is 2. The minimum Gasteiger partial charge on any atom is -0.480 e. The number of hydrogen-bond donors (Lipinski definition) is 2. The topological polar surface area (TPSA) is 69.6 Å². The van der Waals surface area contributed by atoms with E-state index in [1.54, 1.807) is 0 Å². The Balaban J connectivity index is 2.01. The van der Waals surface area contributed by atoms with Gasteiger partial charge in [-0.1, -0.05) is 30.3 Å². The maximum absolute atomic E-state index is 12.2. The number of amides is 2. The first kappa shape index (κ1) is 14.4. The van der Waals surface area contributed by atoms with Crippen LogP contribution >= 0.6 is 0 Å². The number of piperidine rings is 1. The Morgan fingerprint density at radius 3 is 2.65 bits per heavy atom. The number of urea groups is 1. The Morgan fingerprint density at radius 1 is 1.30 bits per heavy atom. The Labute approximate surface area is 118 Å². The second kappa shape index (κ2) is 6.41. The monoisotopic (exact) mass is 276 g/mol. The summed E-state index contributed by atoms with van der Waals surface area (Å²) in [6, 6.07) is 8.49. The number of nitrogens with one attached hydrogen (secondary N) is 1. The van der Waals surface area contributed by atoms with Gasteiger partial charge in [-0.3, -0.25) is 0 Å². The van der Waals surface area contributed by atoms with Crippen molar-refractivity contribution in [1.29, 1.82) is 0 Å². The zero-order chi connectivity index (χ0) is 14.5. The fourth-order valence-electron chi connectivity index (χ4n) is 2.52. The van der Waals surface area contributed by atoms with Gasteiger partial charge in [0.1, 0.15) is 6.04 Å². The van der Waals surface area contributed by atoms with Gasteiger partial charge < -0.3 is 15.3 Å². The van der Waals surface area contributed by atoms with Gasteiger partial charge in [-0.05, 0) is 31.7 Å². The predicted octanol–water partition coefficient (Wildman–Crippen LogP) is 2.40. The number of nitrogens with zero attached hydrogens (tertiary/aromatic N) is 1. The molecule has 1 aromatic rings. The summed E-state index contributed by atoms with van der Waals surface area (Å²) in [4.78, 5) is 24.9. The SMILES string of the molecule is C[C@H](NC(=O)N1CCCC[C@@H]1C(=O)O)c1ccccc1. The van der Waals surface area contributed by atoms with Gasteiger partial charge >= 0.3 is 12.0 Å². The fourth-order valence-corrected chi connectivity index (χ4v) is 2.52. The number of likely N-dealkylation sites (tertiary alicyclic amines) is 1. The van der Waals surface area contributed by atoms with E-state index < -0.39 is 12.0 Å². The molecular weight excluding hydrogens is 256 g/mol. The third kappa shape index (κ3) is 3.29. The van der Waals surface area contributed by atoms with E-state index in [0.29, 0.717) is 13.0 Å². The van der Waals surface area contributed by atoms with E-state index in [2.05, 4.69) is 5.32 Å². The van der Waals surface area contributed by atoms with E-state index in [1.165, 1.54) is 4.90 Å². The molecule has 1 aromatic carbocycles. The highest BCUT2D eigenvalue weighted by Crippen LogP contribution is 2.19. The molecule has 0 unspecified atom stereocenters. The first-order chi connectivity index (χ1) is 9.59. The lowest BCUT2D eigenvalue weighted by Crippen LogP contribution is -2.52. The standard InChI is InChI=1S/C15H20N2O3/c1-11(12-7-3-2-4-8-12)16-15(20)17-10-6-5-9-13(17)14(18)19/h2-4,7-8,11,13H,5-6,9-10H2,1H3,(H,16,20)(H,18,19)/t11-,13+/m0/s1. The van der Waals surface area contributed by atoms with Gasteiger partial charge in [0, 0.05) is 6.54 Å². The molecule has 2 N–H and O–H groups in total. The summed E-state index contributed by atoms with van der Waals surface area (Å²) >= 11 is 0. The molecule has 108 valence electrons. The number of carboxylic acids is 1. The normalized spacial score (nSPS) is 20.2. The second-order valence-electron chi connectivity index (χ2n) is 5.13. The van der Waals surface area contributed by atoms with Crippen LogP contribution in [0, 0.1) is 0 Å². The Hall–Kier alpha value is -2.04. The molecule has 2 rings (SSSR count). The lowest BCUT2D eigenvalue weighted by Gasteiger charge is -2.33. The fraction of sp³-hybridized carbons (Fsp3) is 0.467. The van der Waals surface area contributed by atoms with Crippen LogP contribution in [0.4, 0.5) is 4.79 Å². The molecule has 0 bridgehead atoms. The maximum atomic E-state index is 12.2. The van der Waals surface area contributed by atoms with Gasteiger partial charge in [0.25, 0.3) is 0 Å². The van der Waals surface area contributed by atoms with E-state index >= 15 is 0 Å². The molecule has 1 aliphatic rings. The van der Waals surface area contributed by atoms with Crippen molar-refractivity contribution in [3.8, 4) is 0 Å². The molecule has 0 aromatic heterocycles. The summed E-state index contributed by atoms with van der Waals surface area (Å²) in [5.74, 6) is -0.924. The van der Waals surface area contributed by atoms with Crippen LogP contribution in [-0.2, 0) is 4.79 Å². The molecule has 2 amide bonds. The van der Waals surface area contributed by atoms with Crippen LogP contribution in [0.5, 0.6) is 0 Å². The Kier molecular flexibility index (Phi) is 4.61. The van der Waals surface area contributed by atoms with Crippen LogP contribution in [-0.4, -0.2) is 34.6 Å². The molecule has 20 heavy (non-hydrogen) atoms. The first-order valence-corrected chi connectivity index (χ1v) is 6.94. The smallest absolute Gasteiger partial charge is 0.326 e. The van der Waals surface area contributed by atoms with Crippen molar-refractivity contribution in [2.24, 2.45) is 0 Å². The number of carboxylic acid groups (broad SMARTS) is 1. The van der Waals surface area contributed by atoms with Crippen LogP contribution in [0.15, 0.2) is 30.3 Å². The van der Waals surface area contributed by atoms with Crippen molar-refractivity contribution in [3.63, 3.8) is 0 Å². The lowest BCUT2D eigenvalue weighted by atomic mass is 10.0. The number of rotatable bonds is 3. The van der Waals surface area contributed by atoms with Crippen molar-refractivity contribution in [3.05, 3.63) is 35.9 Å². The van der Waals surface area contributed by atoms with Crippen LogP contribution in [0.2, 0.25) is 0 Å². The molecule has 0 radical (unpaired) electrons. The lowest BCUT2D eigenvalue weighted by molar-refractivity contribution is -0.143. The van der Waals surface area contributed by atoms with Gasteiger partial charge in [0.15, 0.2) is 0 Å². The summed E-state index contributed by atoms with van der Waals surface area (Å²) in [6.07, 6.45) is 2.24. The Morgan fingerprint density at radius 2 is 2.00 bits per heavy atom. The molecular formula is C15H20N2O3. The molecule has 0 spiro atoms. The molecule has 1 saturated heterocycles. The number of carbonyl (C=O) groups excluding carboxylic acids is 1. The molecule has 2 atom stereocenters. The van der Waals surface area contributed by atoms with Gasteiger partial charge in [-0.15, -0.1) is 0 Å². The summed E-state index contributed by atoms with van der Waals surface area (Å²) in [7, 11) is 0. The van der Waals surface area contributed by atoms with Gasteiger partial charge in [0.05, 0.1) is 6.04 Å². The zero-order valence-corrected chi connectivity index (χ0v) is 11.6. The molecule has 0 saturated carbocycles. The van der Waals surface area contributed by atoms with Crippen LogP contribution < -0.4 is 5.32 Å². The summed E-state index contributed by atoms with van der Waals surface area (Å²) in [5.41, 5.74) is 1.00. The highest BCUT2D eigenvalue weighted by atomic mass is 16.4. The van der Waals surface area contributed by atoms with E-state index in [-0.39, 0.29) is 12.1 Å². The highest BCUT2D eigenvalue weighted by Gasteiger charge is 2.32. The zero-order valence-electron chi connectivity index (χ0n) is 11.6. The van der Waals surface area contributed by atoms with Gasteiger partial charge in [0.2, 0.25) is 0 Å². The Bertz CT molecular complexity index is 475. The van der Waals surface area contributed by atoms with Crippen molar-refractivity contribution in [2.75, 3.05) is 6.54 Å². The van der Waals surface area contributed by atoms with Crippen LogP contribution in [0.1, 0.15) is 37.8 Å². The number of aliphatic carboxylic acids is 1. The minimum absolute atomic E-state index is 0.139. The minimum atomic E-state index is -0.924. The van der Waals surface area contributed by atoms with Crippen LogP contribution in [0.3, 0.4) is 0 Å². The largest absolute Gasteiger partial charge is 0.480 e. The summed E-state index contributed by atoms with van der Waals surface area (Å²) in [6.45, 7) is 2.40. The average molecular weight is 276 g/mol. The van der Waals surface area contributed by atoms with Crippen molar-refractivity contribution < 1.29 is 14.7 Å². The highest BCUT2D eigenvalue weighted by molar-refractivity contribution is 5.83. The molecule has 5 heteroatoms. The molecule has 1 fully saturated rings. The van der Waals surface area contributed by atoms with Gasteiger partial charge in [-0.2, -0.15) is 0 Å². The van der Waals surface area contributed by atoms with E-state index in [0.717, 1.165) is 18.4 Å². The van der Waals surface area contributed by atoms with Crippen LogP contribution in [0.25, 0.3) is 0 Å². The van der Waals surface area contributed by atoms with E-state index in [4.69, 9.17) is 0 Å². The van der Waals surface area contributed by atoms with E-state index in [1.807, 2.05) is 37.3 Å². The molecule has 5 nitrogen and oxygen atoms in total. The summed E-state index contributed by atoms with van der Waals surface area (Å²) < 4.78 is 0. The molecule has 1 aliphatic heterocycles. The molecule has 0 aliphatic carbocycles. The average Bonchev–Trinajstić information content (AvgIpc) is 2.48. The third-order valence-corrected chi connectivity index (χ3v) is 3.69. The molecule has 1 heterocycles. The van der Waals surface area contributed by atoms with Crippen molar-refractivity contribution >= 4 is 12.0 Å². The van der Waals surface area contributed by atoms with Crippen molar-refractivity contribution in [2.45, 2.75) is 38.3 Å². The predicted molar refractivity (Wildman–Crippen MR) is 75.4 cm³/mol. The van der Waals surface area contributed by atoms with E-state index in [9.17, 15) is 14.7 Å². The number of carbonyl (C=O) groups is 2. The summed E-state index contributed by atoms with van der Waals surface area (Å²) in [5, 5.41) is 12.1. The van der Waals surface area contributed by atoms with Gasteiger partial charge in [-0.25, -0.2) is 9.59 Å². The third-order valence-electron chi connectivity index (χ3n) is 3.69. The van der Waals surface area contributed by atoms with Crippen molar-refractivity contribution in [1.82, 2.24) is 10.2 Å².